The molecule has 1 aromatic rings. The maximum atomic E-state index is 11.9. The molecule has 1 amide bonds. The Hall–Kier alpha value is -0.970. The van der Waals surface area contributed by atoms with Crippen LogP contribution in [-0.2, 0) is 11.3 Å². The zero-order valence-electron chi connectivity index (χ0n) is 14.4. The van der Waals surface area contributed by atoms with Crippen molar-refractivity contribution in [2.45, 2.75) is 52.8 Å². The van der Waals surface area contributed by atoms with Crippen molar-refractivity contribution in [1.29, 1.82) is 0 Å². The number of amides is 1. The summed E-state index contributed by atoms with van der Waals surface area (Å²) in [4.78, 5) is 11.9. The first-order chi connectivity index (χ1) is 10.6. The molecule has 0 heterocycles. The third kappa shape index (κ3) is 7.91. The molecule has 1 atom stereocenters. The molecule has 1 unspecified atom stereocenters. The number of carbonyl (C=O) groups excluding carboxylic acids is 1. The van der Waals surface area contributed by atoms with Gasteiger partial charge in [0.05, 0.1) is 0 Å². The molecule has 23 heavy (non-hydrogen) atoms. The summed E-state index contributed by atoms with van der Waals surface area (Å²) in [6.45, 7) is 10.9. The number of halogens is 2. The first-order valence-corrected chi connectivity index (χ1v) is 8.48. The number of rotatable bonds is 6. The van der Waals surface area contributed by atoms with Crippen LogP contribution in [0.5, 0.6) is 0 Å². The number of hydrogen-bond acceptors (Lipinski definition) is 3. The van der Waals surface area contributed by atoms with Crippen LogP contribution < -0.4 is 10.6 Å². The molecule has 130 valence electrons. The Morgan fingerprint density at radius 3 is 2.43 bits per heavy atom. The van der Waals surface area contributed by atoms with E-state index < -0.39 is 11.7 Å². The number of carbonyl (C=O) groups is 1. The highest BCUT2D eigenvalue weighted by Crippen LogP contribution is 2.20. The SMILES string of the molecule is CC(C)C(CNCc1ccc(Cl)cc1Cl)NC(=O)OC(C)(C)C. The van der Waals surface area contributed by atoms with Crippen LogP contribution in [0.1, 0.15) is 40.2 Å². The summed E-state index contributed by atoms with van der Waals surface area (Å²) in [5.41, 5.74) is 0.464. The van der Waals surface area contributed by atoms with E-state index in [0.717, 1.165) is 5.56 Å². The molecule has 1 aromatic carbocycles. The first kappa shape index (κ1) is 20.1. The highest BCUT2D eigenvalue weighted by atomic mass is 35.5. The minimum absolute atomic E-state index is 0.0316. The Kier molecular flexibility index (Phi) is 7.65. The number of hydrogen-bond donors (Lipinski definition) is 2. The lowest BCUT2D eigenvalue weighted by Gasteiger charge is -2.26. The van der Waals surface area contributed by atoms with Gasteiger partial charge in [-0.05, 0) is 44.4 Å². The van der Waals surface area contributed by atoms with Crippen molar-refractivity contribution in [2.75, 3.05) is 6.54 Å². The van der Waals surface area contributed by atoms with E-state index in [1.807, 2.05) is 32.9 Å². The van der Waals surface area contributed by atoms with Crippen LogP contribution in [0.3, 0.4) is 0 Å². The minimum atomic E-state index is -0.504. The Morgan fingerprint density at radius 2 is 1.91 bits per heavy atom. The van der Waals surface area contributed by atoms with E-state index in [2.05, 4.69) is 24.5 Å². The highest BCUT2D eigenvalue weighted by molar-refractivity contribution is 6.35. The topological polar surface area (TPSA) is 50.4 Å². The van der Waals surface area contributed by atoms with Gasteiger partial charge in [-0.25, -0.2) is 4.79 Å². The zero-order chi connectivity index (χ0) is 17.6. The molecule has 0 radical (unpaired) electrons. The smallest absolute Gasteiger partial charge is 0.407 e. The van der Waals surface area contributed by atoms with Gasteiger partial charge in [-0.1, -0.05) is 43.1 Å². The molecule has 0 aliphatic rings. The molecule has 2 N–H and O–H groups in total. The van der Waals surface area contributed by atoms with Crippen molar-refractivity contribution in [1.82, 2.24) is 10.6 Å². The summed E-state index contributed by atoms with van der Waals surface area (Å²) >= 11 is 12.0. The fourth-order valence-corrected chi connectivity index (χ4v) is 2.42. The van der Waals surface area contributed by atoms with Crippen molar-refractivity contribution in [3.8, 4) is 0 Å². The predicted molar refractivity (Wildman–Crippen MR) is 96.2 cm³/mol. The van der Waals surface area contributed by atoms with Crippen molar-refractivity contribution in [2.24, 2.45) is 5.92 Å². The molecule has 0 aromatic heterocycles. The van der Waals surface area contributed by atoms with Gasteiger partial charge in [0.15, 0.2) is 0 Å². The van der Waals surface area contributed by atoms with E-state index in [9.17, 15) is 4.79 Å². The molecular weight excluding hydrogens is 335 g/mol. The second-order valence-electron chi connectivity index (χ2n) is 6.86. The van der Waals surface area contributed by atoms with Crippen LogP contribution >= 0.6 is 23.2 Å². The Bertz CT molecular complexity index is 528. The maximum absolute atomic E-state index is 11.9. The van der Waals surface area contributed by atoms with Gasteiger partial charge in [0.2, 0.25) is 0 Å². The van der Waals surface area contributed by atoms with Gasteiger partial charge in [-0.2, -0.15) is 0 Å². The Labute approximate surface area is 148 Å². The normalized spacial score (nSPS) is 13.0. The number of alkyl carbamates (subject to hydrolysis) is 1. The van der Waals surface area contributed by atoms with Gasteiger partial charge in [0.1, 0.15) is 5.60 Å². The van der Waals surface area contributed by atoms with Crippen LogP contribution in [0.2, 0.25) is 10.0 Å². The monoisotopic (exact) mass is 360 g/mol. The largest absolute Gasteiger partial charge is 0.444 e. The Balaban J connectivity index is 2.52. The summed E-state index contributed by atoms with van der Waals surface area (Å²) in [5, 5.41) is 7.47. The first-order valence-electron chi connectivity index (χ1n) is 7.72. The summed E-state index contributed by atoms with van der Waals surface area (Å²) in [7, 11) is 0. The predicted octanol–water partition coefficient (Wildman–Crippen LogP) is 4.63. The molecule has 0 aliphatic heterocycles. The van der Waals surface area contributed by atoms with E-state index in [0.29, 0.717) is 23.1 Å². The number of benzene rings is 1. The van der Waals surface area contributed by atoms with Crippen LogP contribution in [0, 0.1) is 5.92 Å². The Morgan fingerprint density at radius 1 is 1.26 bits per heavy atom. The van der Waals surface area contributed by atoms with Gasteiger partial charge in [-0.15, -0.1) is 0 Å². The van der Waals surface area contributed by atoms with Gasteiger partial charge < -0.3 is 15.4 Å². The molecule has 0 spiro atoms. The summed E-state index contributed by atoms with van der Waals surface area (Å²) in [6, 6.07) is 5.39. The van der Waals surface area contributed by atoms with Crippen LogP contribution in [0.25, 0.3) is 0 Å². The third-order valence-corrected chi connectivity index (χ3v) is 3.79. The van der Waals surface area contributed by atoms with E-state index in [4.69, 9.17) is 27.9 Å². The standard InChI is InChI=1S/C17H26Cl2N2O2/c1-11(2)15(21-16(22)23-17(3,4)5)10-20-9-12-6-7-13(18)8-14(12)19/h6-8,11,15,20H,9-10H2,1-5H3,(H,21,22). The summed E-state index contributed by atoms with van der Waals surface area (Å²) in [5.74, 6) is 0.274. The van der Waals surface area contributed by atoms with Gasteiger partial charge in [0.25, 0.3) is 0 Å². The summed E-state index contributed by atoms with van der Waals surface area (Å²) < 4.78 is 5.30. The quantitative estimate of drug-likeness (QED) is 0.777. The maximum Gasteiger partial charge on any atom is 0.407 e. The minimum Gasteiger partial charge on any atom is -0.444 e. The molecule has 0 saturated heterocycles. The van der Waals surface area contributed by atoms with E-state index >= 15 is 0 Å². The van der Waals surface area contributed by atoms with Gasteiger partial charge in [0, 0.05) is 29.2 Å². The fourth-order valence-electron chi connectivity index (χ4n) is 1.94. The molecule has 0 aliphatic carbocycles. The van der Waals surface area contributed by atoms with Crippen LogP contribution in [0.4, 0.5) is 4.79 Å². The molecule has 6 heteroatoms. The van der Waals surface area contributed by atoms with Gasteiger partial charge in [-0.3, -0.25) is 0 Å². The lowest BCUT2D eigenvalue weighted by atomic mass is 10.0. The average Bonchev–Trinajstić information content (AvgIpc) is 2.37. The van der Waals surface area contributed by atoms with Crippen molar-refractivity contribution >= 4 is 29.3 Å². The molecular formula is C17H26Cl2N2O2. The van der Waals surface area contributed by atoms with E-state index in [-0.39, 0.29) is 12.0 Å². The number of nitrogens with one attached hydrogen (secondary N) is 2. The van der Waals surface area contributed by atoms with Crippen molar-refractivity contribution < 1.29 is 9.53 Å². The second kappa shape index (κ2) is 8.76. The number of ether oxygens (including phenoxy) is 1. The molecule has 0 saturated carbocycles. The van der Waals surface area contributed by atoms with Crippen LogP contribution in [-0.4, -0.2) is 24.3 Å². The third-order valence-electron chi connectivity index (χ3n) is 3.20. The molecule has 0 bridgehead atoms. The van der Waals surface area contributed by atoms with Crippen molar-refractivity contribution in [3.63, 3.8) is 0 Å². The van der Waals surface area contributed by atoms with E-state index in [1.54, 1.807) is 6.07 Å². The zero-order valence-corrected chi connectivity index (χ0v) is 15.9. The lowest BCUT2D eigenvalue weighted by Crippen LogP contribution is -2.46. The van der Waals surface area contributed by atoms with Crippen molar-refractivity contribution in [3.05, 3.63) is 33.8 Å². The molecule has 1 rings (SSSR count). The fraction of sp³-hybridized carbons (Fsp3) is 0.588. The summed E-state index contributed by atoms with van der Waals surface area (Å²) in [6.07, 6.45) is -0.400. The average molecular weight is 361 g/mol. The molecule has 4 nitrogen and oxygen atoms in total. The van der Waals surface area contributed by atoms with E-state index in [1.165, 1.54) is 0 Å². The second-order valence-corrected chi connectivity index (χ2v) is 7.71. The van der Waals surface area contributed by atoms with Gasteiger partial charge >= 0.3 is 6.09 Å². The van der Waals surface area contributed by atoms with Crippen LogP contribution in [0.15, 0.2) is 18.2 Å². The highest BCUT2D eigenvalue weighted by Gasteiger charge is 2.21. The molecule has 0 fully saturated rings. The lowest BCUT2D eigenvalue weighted by molar-refractivity contribution is 0.0490.